The van der Waals surface area contributed by atoms with E-state index in [4.69, 9.17) is 0 Å². The van der Waals surface area contributed by atoms with Gasteiger partial charge in [-0.1, -0.05) is 25.1 Å². The lowest BCUT2D eigenvalue weighted by atomic mass is 10.2. The van der Waals surface area contributed by atoms with Crippen LogP contribution in [0.15, 0.2) is 30.3 Å². The van der Waals surface area contributed by atoms with E-state index in [1.54, 1.807) is 4.68 Å². The van der Waals surface area contributed by atoms with Crippen LogP contribution in [0.25, 0.3) is 0 Å². The molecule has 1 atom stereocenters. The molecule has 0 aliphatic carbocycles. The maximum Gasteiger partial charge on any atom is 0.269 e. The summed E-state index contributed by atoms with van der Waals surface area (Å²) >= 11 is 0. The van der Waals surface area contributed by atoms with E-state index in [0.717, 1.165) is 25.1 Å². The third-order valence-electron chi connectivity index (χ3n) is 4.54. The number of para-hydroxylation sites is 1. The van der Waals surface area contributed by atoms with Crippen LogP contribution in [-0.4, -0.2) is 34.8 Å². The molecule has 1 amide bonds. The molecule has 2 heterocycles. The number of benzene rings is 1. The van der Waals surface area contributed by atoms with Gasteiger partial charge in [-0.05, 0) is 37.5 Å². The van der Waals surface area contributed by atoms with Crippen LogP contribution in [0.4, 0.5) is 5.69 Å². The van der Waals surface area contributed by atoms with Gasteiger partial charge in [-0.25, -0.2) is 0 Å². The fraction of sp³-hybridized carbons (Fsp3) is 0.444. The number of carbonyl (C=O) groups is 1. The molecular weight excluding hydrogens is 288 g/mol. The summed E-state index contributed by atoms with van der Waals surface area (Å²) < 4.78 is 1.66. The van der Waals surface area contributed by atoms with Crippen LogP contribution < -0.4 is 10.2 Å². The van der Waals surface area contributed by atoms with Crippen molar-refractivity contribution in [2.75, 3.05) is 18.0 Å². The number of rotatable bonds is 5. The van der Waals surface area contributed by atoms with E-state index >= 15 is 0 Å². The second-order valence-electron chi connectivity index (χ2n) is 6.13. The molecule has 1 aromatic carbocycles. The average molecular weight is 312 g/mol. The van der Waals surface area contributed by atoms with Crippen molar-refractivity contribution >= 4 is 11.6 Å². The number of nitrogens with one attached hydrogen (secondary N) is 1. The van der Waals surface area contributed by atoms with Crippen molar-refractivity contribution in [3.05, 3.63) is 47.3 Å². The molecule has 122 valence electrons. The van der Waals surface area contributed by atoms with Gasteiger partial charge in [0.2, 0.25) is 0 Å². The van der Waals surface area contributed by atoms with E-state index in [-0.39, 0.29) is 11.9 Å². The second-order valence-corrected chi connectivity index (χ2v) is 6.13. The maximum absolute atomic E-state index is 12.4. The van der Waals surface area contributed by atoms with Gasteiger partial charge in [0.15, 0.2) is 0 Å². The van der Waals surface area contributed by atoms with Crippen LogP contribution in [0.3, 0.4) is 0 Å². The van der Waals surface area contributed by atoms with E-state index in [9.17, 15) is 4.79 Å². The molecule has 0 fully saturated rings. The minimum Gasteiger partial charge on any atom is -0.366 e. The highest BCUT2D eigenvalue weighted by atomic mass is 16.2. The average Bonchev–Trinajstić information content (AvgIpc) is 3.15. The Morgan fingerprint density at radius 2 is 2.17 bits per heavy atom. The molecule has 1 aromatic heterocycles. The van der Waals surface area contributed by atoms with E-state index < -0.39 is 0 Å². The van der Waals surface area contributed by atoms with Gasteiger partial charge in [-0.2, -0.15) is 5.10 Å². The molecule has 0 saturated carbocycles. The summed E-state index contributed by atoms with van der Waals surface area (Å²) in [5.74, 6) is -0.0565. The summed E-state index contributed by atoms with van der Waals surface area (Å²) in [6, 6.07) is 10.6. The Morgan fingerprint density at radius 1 is 1.39 bits per heavy atom. The van der Waals surface area contributed by atoms with Crippen LogP contribution in [-0.2, 0) is 19.9 Å². The number of anilines is 1. The van der Waals surface area contributed by atoms with E-state index in [0.29, 0.717) is 12.2 Å². The van der Waals surface area contributed by atoms with E-state index in [1.165, 1.54) is 11.3 Å². The predicted octanol–water partition coefficient (Wildman–Crippen LogP) is 2.16. The van der Waals surface area contributed by atoms with Crippen molar-refractivity contribution in [1.29, 1.82) is 0 Å². The zero-order valence-corrected chi connectivity index (χ0v) is 14.0. The standard InChI is InChI=1S/C18H24N4O/c1-4-15-11-17(21(3)20-15)18(23)19-12-13(2)22-10-9-14-7-5-6-8-16(14)22/h5-8,11,13H,4,9-10,12H2,1-3H3,(H,19,23). The first kappa shape index (κ1) is 15.6. The molecule has 0 spiro atoms. The zero-order chi connectivity index (χ0) is 16.4. The molecule has 1 aliphatic rings. The highest BCUT2D eigenvalue weighted by molar-refractivity contribution is 5.92. The highest BCUT2D eigenvalue weighted by Crippen LogP contribution is 2.28. The summed E-state index contributed by atoms with van der Waals surface area (Å²) in [5, 5.41) is 7.37. The van der Waals surface area contributed by atoms with Crippen LogP contribution in [0.2, 0.25) is 0 Å². The summed E-state index contributed by atoms with van der Waals surface area (Å²) in [6.45, 7) is 5.84. The third kappa shape index (κ3) is 3.09. The number of amides is 1. The molecule has 0 bridgehead atoms. The lowest BCUT2D eigenvalue weighted by Crippen LogP contribution is -2.41. The second kappa shape index (κ2) is 6.44. The van der Waals surface area contributed by atoms with Crippen LogP contribution in [0, 0.1) is 0 Å². The lowest BCUT2D eigenvalue weighted by molar-refractivity contribution is 0.0942. The Kier molecular flexibility index (Phi) is 4.37. The van der Waals surface area contributed by atoms with E-state index in [2.05, 4.69) is 46.5 Å². The van der Waals surface area contributed by atoms with Crippen molar-refractivity contribution in [1.82, 2.24) is 15.1 Å². The first-order valence-electron chi connectivity index (χ1n) is 8.25. The summed E-state index contributed by atoms with van der Waals surface area (Å²) in [6.07, 6.45) is 1.91. The van der Waals surface area contributed by atoms with Crippen LogP contribution in [0.1, 0.15) is 35.6 Å². The van der Waals surface area contributed by atoms with Gasteiger partial charge in [0.25, 0.3) is 5.91 Å². The van der Waals surface area contributed by atoms with Gasteiger partial charge in [0.05, 0.1) is 5.69 Å². The molecule has 5 heteroatoms. The number of aryl methyl sites for hydroxylation is 2. The Morgan fingerprint density at radius 3 is 2.91 bits per heavy atom. The predicted molar refractivity (Wildman–Crippen MR) is 91.9 cm³/mol. The molecular formula is C18H24N4O. The van der Waals surface area contributed by atoms with Crippen molar-refractivity contribution in [2.45, 2.75) is 32.7 Å². The topological polar surface area (TPSA) is 50.2 Å². The SMILES string of the molecule is CCc1cc(C(=O)NCC(C)N2CCc3ccccc32)n(C)n1. The van der Waals surface area contributed by atoms with E-state index in [1.807, 2.05) is 20.0 Å². The van der Waals surface area contributed by atoms with Crippen molar-refractivity contribution in [3.8, 4) is 0 Å². The number of nitrogens with zero attached hydrogens (tertiary/aromatic N) is 3. The van der Waals surface area contributed by atoms with Gasteiger partial charge < -0.3 is 10.2 Å². The van der Waals surface area contributed by atoms with Crippen molar-refractivity contribution < 1.29 is 4.79 Å². The molecule has 3 rings (SSSR count). The quantitative estimate of drug-likeness (QED) is 0.920. The first-order chi connectivity index (χ1) is 11.1. The summed E-state index contributed by atoms with van der Waals surface area (Å²) in [4.78, 5) is 14.7. The smallest absolute Gasteiger partial charge is 0.269 e. The monoisotopic (exact) mass is 312 g/mol. The Hall–Kier alpha value is -2.30. The molecule has 0 radical (unpaired) electrons. The van der Waals surface area contributed by atoms with Gasteiger partial charge in [0, 0.05) is 31.9 Å². The number of hydrogen-bond donors (Lipinski definition) is 1. The first-order valence-corrected chi connectivity index (χ1v) is 8.25. The lowest BCUT2D eigenvalue weighted by Gasteiger charge is -2.27. The number of hydrogen-bond acceptors (Lipinski definition) is 3. The zero-order valence-electron chi connectivity index (χ0n) is 14.0. The fourth-order valence-electron chi connectivity index (χ4n) is 3.17. The van der Waals surface area contributed by atoms with Gasteiger partial charge >= 0.3 is 0 Å². The molecule has 1 unspecified atom stereocenters. The molecule has 2 aromatic rings. The molecule has 5 nitrogen and oxygen atoms in total. The van der Waals surface area contributed by atoms with Crippen molar-refractivity contribution in [3.63, 3.8) is 0 Å². The van der Waals surface area contributed by atoms with Crippen molar-refractivity contribution in [2.24, 2.45) is 7.05 Å². The Labute approximate surface area is 137 Å². The van der Waals surface area contributed by atoms with Crippen LogP contribution >= 0.6 is 0 Å². The summed E-state index contributed by atoms with van der Waals surface area (Å²) in [7, 11) is 1.81. The van der Waals surface area contributed by atoms with Gasteiger partial charge in [0.1, 0.15) is 5.69 Å². The van der Waals surface area contributed by atoms with Gasteiger partial charge in [-0.15, -0.1) is 0 Å². The fourth-order valence-corrected chi connectivity index (χ4v) is 3.17. The normalized spacial score (nSPS) is 14.7. The third-order valence-corrected chi connectivity index (χ3v) is 4.54. The number of carbonyl (C=O) groups excluding carboxylic acids is 1. The highest BCUT2D eigenvalue weighted by Gasteiger charge is 2.23. The Balaban J connectivity index is 1.62. The molecule has 0 saturated heterocycles. The summed E-state index contributed by atoms with van der Waals surface area (Å²) in [5.41, 5.74) is 4.25. The Bertz CT molecular complexity index is 707. The number of fused-ring (bicyclic) bond motifs is 1. The van der Waals surface area contributed by atoms with Gasteiger partial charge in [-0.3, -0.25) is 9.48 Å². The minimum atomic E-state index is -0.0565. The molecule has 1 N–H and O–H groups in total. The maximum atomic E-state index is 12.4. The van der Waals surface area contributed by atoms with Crippen LogP contribution in [0.5, 0.6) is 0 Å². The minimum absolute atomic E-state index is 0.0565. The molecule has 1 aliphatic heterocycles. The largest absolute Gasteiger partial charge is 0.366 e. The number of aromatic nitrogens is 2. The molecule has 23 heavy (non-hydrogen) atoms.